The summed E-state index contributed by atoms with van der Waals surface area (Å²) in [6, 6.07) is 3.88. The number of halogens is 2. The zero-order valence-electron chi connectivity index (χ0n) is 7.78. The fourth-order valence-corrected chi connectivity index (χ4v) is 4.00. The molecule has 0 aliphatic heterocycles. The smallest absolute Gasteiger partial charge is 0.150 e. The van der Waals surface area contributed by atoms with Crippen LogP contribution in [-0.2, 0) is 0 Å². The van der Waals surface area contributed by atoms with E-state index in [0.717, 1.165) is 25.0 Å². The van der Waals surface area contributed by atoms with E-state index in [4.69, 9.17) is 23.2 Å². The van der Waals surface area contributed by atoms with Gasteiger partial charge in [-0.15, -0.1) is 22.7 Å². The zero-order valence-corrected chi connectivity index (χ0v) is 10.9. The second kappa shape index (κ2) is 3.96. The van der Waals surface area contributed by atoms with Crippen LogP contribution in [0.15, 0.2) is 23.8 Å². The minimum Gasteiger partial charge on any atom is -0.235 e. The Hall–Kier alpha value is -0.680. The normalized spacial score (nSPS) is 11.1. The SMILES string of the molecule is Clc1ccsc1-c1cc2ncnc(Cl)c2s1. The molecule has 0 unspecified atom stereocenters. The Morgan fingerprint density at radius 1 is 1.19 bits per heavy atom. The minimum absolute atomic E-state index is 0.494. The predicted octanol–water partition coefficient (Wildman–Crippen LogP) is 4.73. The molecule has 0 aromatic carbocycles. The Morgan fingerprint density at radius 2 is 2.06 bits per heavy atom. The number of aromatic nitrogens is 2. The van der Waals surface area contributed by atoms with Gasteiger partial charge in [0.2, 0.25) is 0 Å². The van der Waals surface area contributed by atoms with Crippen molar-refractivity contribution in [3.05, 3.63) is 34.0 Å². The molecule has 0 aliphatic rings. The lowest BCUT2D eigenvalue weighted by Crippen LogP contribution is -1.76. The summed E-state index contributed by atoms with van der Waals surface area (Å²) >= 11 is 15.3. The third-order valence-corrected chi connectivity index (χ3v) is 5.16. The molecule has 0 saturated heterocycles. The molecule has 3 heterocycles. The molecule has 2 nitrogen and oxygen atoms in total. The van der Waals surface area contributed by atoms with E-state index in [1.165, 1.54) is 6.33 Å². The molecule has 0 radical (unpaired) electrons. The monoisotopic (exact) mass is 286 g/mol. The van der Waals surface area contributed by atoms with Crippen LogP contribution in [0.25, 0.3) is 20.0 Å². The van der Waals surface area contributed by atoms with Crippen LogP contribution >= 0.6 is 45.9 Å². The summed E-state index contributed by atoms with van der Waals surface area (Å²) in [5, 5.41) is 3.23. The lowest BCUT2D eigenvalue weighted by molar-refractivity contribution is 1.23. The first-order chi connectivity index (χ1) is 7.75. The van der Waals surface area contributed by atoms with E-state index in [0.29, 0.717) is 5.15 Å². The van der Waals surface area contributed by atoms with E-state index in [9.17, 15) is 0 Å². The summed E-state index contributed by atoms with van der Waals surface area (Å²) < 4.78 is 0.906. The van der Waals surface area contributed by atoms with Crippen molar-refractivity contribution in [2.75, 3.05) is 0 Å². The van der Waals surface area contributed by atoms with E-state index in [-0.39, 0.29) is 0 Å². The molecule has 3 rings (SSSR count). The molecule has 0 saturated carbocycles. The van der Waals surface area contributed by atoms with Crippen LogP contribution in [-0.4, -0.2) is 9.97 Å². The van der Waals surface area contributed by atoms with Gasteiger partial charge in [0, 0.05) is 4.88 Å². The molecule has 0 spiro atoms. The van der Waals surface area contributed by atoms with E-state index >= 15 is 0 Å². The quantitative estimate of drug-likeness (QED) is 0.605. The number of hydrogen-bond acceptors (Lipinski definition) is 4. The highest BCUT2D eigenvalue weighted by atomic mass is 35.5. The summed E-state index contributed by atoms with van der Waals surface area (Å²) in [6.45, 7) is 0. The van der Waals surface area contributed by atoms with Gasteiger partial charge in [0.15, 0.2) is 0 Å². The molecular formula is C10H4Cl2N2S2. The van der Waals surface area contributed by atoms with E-state index in [1.807, 2.05) is 17.5 Å². The zero-order chi connectivity index (χ0) is 11.1. The first kappa shape index (κ1) is 10.5. The van der Waals surface area contributed by atoms with Gasteiger partial charge in [-0.2, -0.15) is 0 Å². The van der Waals surface area contributed by atoms with Crippen molar-refractivity contribution < 1.29 is 0 Å². The van der Waals surface area contributed by atoms with Crippen molar-refractivity contribution in [3.8, 4) is 9.75 Å². The summed E-state index contributed by atoms with van der Waals surface area (Å²) in [5.41, 5.74) is 0.865. The molecule has 0 aliphatic carbocycles. The van der Waals surface area contributed by atoms with Gasteiger partial charge in [0.05, 0.1) is 20.1 Å². The van der Waals surface area contributed by atoms with E-state index in [2.05, 4.69) is 9.97 Å². The summed E-state index contributed by atoms with van der Waals surface area (Å²) in [4.78, 5) is 10.3. The van der Waals surface area contributed by atoms with Gasteiger partial charge in [-0.1, -0.05) is 23.2 Å². The molecule has 0 atom stereocenters. The van der Waals surface area contributed by atoms with Crippen LogP contribution in [0, 0.1) is 0 Å². The van der Waals surface area contributed by atoms with Crippen molar-refractivity contribution in [1.82, 2.24) is 9.97 Å². The van der Waals surface area contributed by atoms with Crippen LogP contribution in [0.3, 0.4) is 0 Å². The Balaban J connectivity index is 2.27. The molecule has 0 amide bonds. The third kappa shape index (κ3) is 1.62. The topological polar surface area (TPSA) is 25.8 Å². The molecule has 3 aromatic rings. The fourth-order valence-electron chi connectivity index (χ4n) is 1.41. The maximum absolute atomic E-state index is 6.09. The van der Waals surface area contributed by atoms with Gasteiger partial charge in [-0.25, -0.2) is 9.97 Å². The summed E-state index contributed by atoms with van der Waals surface area (Å²) in [6.07, 6.45) is 1.47. The van der Waals surface area contributed by atoms with Crippen molar-refractivity contribution in [3.63, 3.8) is 0 Å². The predicted molar refractivity (Wildman–Crippen MR) is 70.7 cm³/mol. The van der Waals surface area contributed by atoms with Crippen LogP contribution in [0.1, 0.15) is 0 Å². The van der Waals surface area contributed by atoms with Gasteiger partial charge in [-0.3, -0.25) is 0 Å². The molecule has 0 N–H and O–H groups in total. The van der Waals surface area contributed by atoms with Crippen molar-refractivity contribution >= 4 is 56.1 Å². The van der Waals surface area contributed by atoms with Crippen LogP contribution in [0.4, 0.5) is 0 Å². The second-order valence-corrected chi connectivity index (χ2v) is 5.82. The molecule has 16 heavy (non-hydrogen) atoms. The molecule has 6 heteroatoms. The van der Waals surface area contributed by atoms with Crippen LogP contribution < -0.4 is 0 Å². The van der Waals surface area contributed by atoms with E-state index in [1.54, 1.807) is 22.7 Å². The lowest BCUT2D eigenvalue weighted by Gasteiger charge is -1.90. The Kier molecular flexibility index (Phi) is 2.59. The van der Waals surface area contributed by atoms with Gasteiger partial charge in [0.25, 0.3) is 0 Å². The van der Waals surface area contributed by atoms with Gasteiger partial charge in [-0.05, 0) is 17.5 Å². The maximum Gasteiger partial charge on any atom is 0.150 e. The average Bonchev–Trinajstić information content (AvgIpc) is 2.84. The standard InChI is InChI=1S/C10H4Cl2N2S2/c11-5-1-2-15-8(5)7-3-6-9(16-7)10(12)14-4-13-6/h1-4H. The lowest BCUT2D eigenvalue weighted by atomic mass is 10.3. The number of nitrogens with zero attached hydrogens (tertiary/aromatic N) is 2. The van der Waals surface area contributed by atoms with Crippen LogP contribution in [0.5, 0.6) is 0 Å². The molecule has 3 aromatic heterocycles. The number of thiophene rings is 2. The molecule has 80 valence electrons. The van der Waals surface area contributed by atoms with Crippen molar-refractivity contribution in [2.24, 2.45) is 0 Å². The first-order valence-electron chi connectivity index (χ1n) is 4.39. The highest BCUT2D eigenvalue weighted by molar-refractivity contribution is 7.26. The van der Waals surface area contributed by atoms with Crippen molar-refractivity contribution in [2.45, 2.75) is 0 Å². The molecule has 0 fully saturated rings. The van der Waals surface area contributed by atoms with E-state index < -0.39 is 0 Å². The number of rotatable bonds is 1. The Morgan fingerprint density at radius 3 is 2.75 bits per heavy atom. The highest BCUT2D eigenvalue weighted by Crippen LogP contribution is 2.40. The third-order valence-electron chi connectivity index (χ3n) is 2.11. The van der Waals surface area contributed by atoms with Gasteiger partial charge in [0.1, 0.15) is 11.5 Å². The van der Waals surface area contributed by atoms with Crippen LogP contribution in [0.2, 0.25) is 10.2 Å². The van der Waals surface area contributed by atoms with Crippen molar-refractivity contribution in [1.29, 1.82) is 0 Å². The largest absolute Gasteiger partial charge is 0.235 e. The number of fused-ring (bicyclic) bond motifs is 1. The maximum atomic E-state index is 6.09. The molecular weight excluding hydrogens is 283 g/mol. The van der Waals surface area contributed by atoms with Gasteiger partial charge < -0.3 is 0 Å². The fraction of sp³-hybridized carbons (Fsp3) is 0. The number of hydrogen-bond donors (Lipinski definition) is 0. The Bertz CT molecular complexity index is 660. The van der Waals surface area contributed by atoms with Gasteiger partial charge >= 0.3 is 0 Å². The highest BCUT2D eigenvalue weighted by Gasteiger charge is 2.11. The second-order valence-electron chi connectivity index (χ2n) is 3.09. The average molecular weight is 287 g/mol. The molecule has 0 bridgehead atoms. The minimum atomic E-state index is 0.494. The summed E-state index contributed by atoms with van der Waals surface area (Å²) in [5.74, 6) is 0. The summed E-state index contributed by atoms with van der Waals surface area (Å²) in [7, 11) is 0. The first-order valence-corrected chi connectivity index (χ1v) is 6.84. The Labute approximate surface area is 109 Å².